The lowest BCUT2D eigenvalue weighted by molar-refractivity contribution is -0.389. The van der Waals surface area contributed by atoms with Crippen LogP contribution in [-0.2, 0) is 52.1 Å². The molecule has 6 aliphatic rings. The first kappa shape index (κ1) is 55.1. The highest BCUT2D eigenvalue weighted by molar-refractivity contribution is 4.99. The Morgan fingerprint density at radius 3 is 0.896 bits per heavy atom. The Hall–Kier alpha value is -1.24. The predicted molar refractivity (Wildman–Crippen MR) is 199 cm³/mol. The molecule has 0 bridgehead atoms. The topological polar surface area (TPSA) is 506 Å². The van der Waals surface area contributed by atoms with Crippen molar-refractivity contribution in [2.24, 2.45) is 0 Å². The minimum atomic E-state index is -2.17. The van der Waals surface area contributed by atoms with Crippen molar-refractivity contribution in [1.29, 1.82) is 0 Å². The van der Waals surface area contributed by atoms with Crippen LogP contribution >= 0.6 is 0 Å². The molecule has 20 N–H and O–H groups in total. The minimum Gasteiger partial charge on any atom is -0.394 e. The molecule has 0 aromatic rings. The van der Waals surface area contributed by atoms with Gasteiger partial charge >= 0.3 is 0 Å². The summed E-state index contributed by atoms with van der Waals surface area (Å²) in [5, 5.41) is 209. The van der Waals surface area contributed by atoms with Crippen LogP contribution in [0.25, 0.3) is 0 Å². The van der Waals surface area contributed by atoms with Gasteiger partial charge in [-0.25, -0.2) is 0 Å². The summed E-state index contributed by atoms with van der Waals surface area (Å²) >= 11 is 0. The van der Waals surface area contributed by atoms with Crippen molar-refractivity contribution < 1.29 is 154 Å². The molecule has 6 aliphatic heterocycles. The smallest absolute Gasteiger partial charge is 0.187 e. The fourth-order valence-corrected chi connectivity index (χ4v) is 8.42. The van der Waals surface area contributed by atoms with Crippen molar-refractivity contribution in [2.75, 3.05) is 39.6 Å². The van der Waals surface area contributed by atoms with Crippen LogP contribution in [0.15, 0.2) is 0 Å². The monoisotopic (exact) mass is 990 g/mol. The molecule has 0 aromatic heterocycles. The first-order valence-electron chi connectivity index (χ1n) is 21.1. The number of rotatable bonds is 16. The van der Waals surface area contributed by atoms with Crippen molar-refractivity contribution in [2.45, 2.75) is 184 Å². The number of aliphatic hydroxyl groups is 20. The number of ether oxygens (including phenoxy) is 11. The molecule has 6 rings (SSSR count). The van der Waals surface area contributed by atoms with Gasteiger partial charge in [-0.1, -0.05) is 0 Å². The lowest BCUT2D eigenvalue weighted by atomic mass is 9.95. The fraction of sp³-hybridized carbons (Fsp3) is 1.00. The van der Waals surface area contributed by atoms with Crippen LogP contribution in [0.5, 0.6) is 0 Å². The van der Waals surface area contributed by atoms with E-state index in [9.17, 15) is 102 Å². The van der Waals surface area contributed by atoms with Gasteiger partial charge in [0.25, 0.3) is 0 Å². The van der Waals surface area contributed by atoms with Crippen LogP contribution in [0.1, 0.15) is 0 Å². The third kappa shape index (κ3) is 11.4. The van der Waals surface area contributed by atoms with E-state index >= 15 is 0 Å². The van der Waals surface area contributed by atoms with E-state index in [1.807, 2.05) is 0 Å². The van der Waals surface area contributed by atoms with E-state index in [1.165, 1.54) is 0 Å². The zero-order valence-corrected chi connectivity index (χ0v) is 35.0. The van der Waals surface area contributed by atoms with E-state index in [-0.39, 0.29) is 0 Å². The molecule has 31 heteroatoms. The van der Waals surface area contributed by atoms with Gasteiger partial charge in [-0.15, -0.1) is 0 Å². The maximum atomic E-state index is 11.2. The van der Waals surface area contributed by atoms with Gasteiger partial charge in [0, 0.05) is 0 Å². The lowest BCUT2D eigenvalue weighted by Crippen LogP contribution is -2.67. The van der Waals surface area contributed by atoms with Gasteiger partial charge in [-0.2, -0.15) is 0 Å². The lowest BCUT2D eigenvalue weighted by Gasteiger charge is -2.49. The van der Waals surface area contributed by atoms with Crippen molar-refractivity contribution in [1.82, 2.24) is 0 Å². The Balaban J connectivity index is 1.06. The molecule has 6 heterocycles. The Morgan fingerprint density at radius 2 is 0.522 bits per heavy atom. The molecular formula is C36H62O31. The summed E-state index contributed by atoms with van der Waals surface area (Å²) in [6.45, 7) is -5.43. The van der Waals surface area contributed by atoms with E-state index in [0.29, 0.717) is 0 Å². The first-order chi connectivity index (χ1) is 31.7. The third-order valence-electron chi connectivity index (χ3n) is 12.4. The van der Waals surface area contributed by atoms with Gasteiger partial charge in [-0.05, 0) is 0 Å². The van der Waals surface area contributed by atoms with Crippen molar-refractivity contribution in [3.63, 3.8) is 0 Å². The summed E-state index contributed by atoms with van der Waals surface area (Å²) in [4.78, 5) is 0. The van der Waals surface area contributed by atoms with Gasteiger partial charge < -0.3 is 154 Å². The molecule has 30 atom stereocenters. The van der Waals surface area contributed by atoms with Crippen LogP contribution in [0.2, 0.25) is 0 Å². The Labute approximate surface area is 378 Å². The molecule has 0 spiro atoms. The van der Waals surface area contributed by atoms with Gasteiger partial charge in [-0.3, -0.25) is 0 Å². The summed E-state index contributed by atoms with van der Waals surface area (Å²) in [6.07, 6.45) is -56.0. The first-order valence-corrected chi connectivity index (χ1v) is 21.1. The third-order valence-corrected chi connectivity index (χ3v) is 12.4. The molecule has 0 aliphatic carbocycles. The van der Waals surface area contributed by atoms with Gasteiger partial charge in [0.05, 0.1) is 39.6 Å². The number of aliphatic hydroxyl groups excluding tert-OH is 20. The van der Waals surface area contributed by atoms with E-state index in [2.05, 4.69) is 0 Å². The molecule has 6 saturated heterocycles. The normalized spacial score (nSPS) is 53.4. The molecule has 6 fully saturated rings. The molecule has 31 nitrogen and oxygen atoms in total. The minimum absolute atomic E-state index is 0.819. The zero-order valence-electron chi connectivity index (χ0n) is 35.0. The largest absolute Gasteiger partial charge is 0.394 e. The van der Waals surface area contributed by atoms with Crippen LogP contribution in [0, 0.1) is 0 Å². The van der Waals surface area contributed by atoms with Crippen molar-refractivity contribution >= 4 is 0 Å². The Bertz CT molecular complexity index is 1500. The second-order valence-electron chi connectivity index (χ2n) is 16.8. The van der Waals surface area contributed by atoms with E-state index in [4.69, 9.17) is 52.1 Å². The summed E-state index contributed by atoms with van der Waals surface area (Å²) in [6, 6.07) is 0. The summed E-state index contributed by atoms with van der Waals surface area (Å²) in [7, 11) is 0. The average Bonchev–Trinajstić information content (AvgIpc) is 3.32. The average molecular weight is 991 g/mol. The molecule has 0 saturated carbocycles. The van der Waals surface area contributed by atoms with Crippen molar-refractivity contribution in [3.8, 4) is 0 Å². The van der Waals surface area contributed by atoms with Gasteiger partial charge in [0.15, 0.2) is 37.7 Å². The summed E-state index contributed by atoms with van der Waals surface area (Å²) in [5.41, 5.74) is 0. The molecule has 392 valence electrons. The highest BCUT2D eigenvalue weighted by atomic mass is 16.8. The van der Waals surface area contributed by atoms with Gasteiger partial charge in [0.1, 0.15) is 146 Å². The van der Waals surface area contributed by atoms with E-state index in [1.54, 1.807) is 0 Å². The molecule has 0 radical (unpaired) electrons. The molecule has 1 unspecified atom stereocenters. The maximum absolute atomic E-state index is 11.2. The Morgan fingerprint density at radius 1 is 0.254 bits per heavy atom. The standard InChI is InChI=1S/C36H62O31/c37-1-7-13(42)15(44)22(51)33(59-7)65-28-9(3-39)60-32(24(53)18(28)47)57-6-12-14(43)16(45)23(52)34(63-12)66-29-10(4-40)62-36(26(55)19(29)48)67-30-11(5-41)61-35(25(54)20(30)49)64-27-8(2-38)58-31(56)21(50)17(27)46/h7-56H,1-6H2/t7-,8-,9-,10-,11-,12-,13-,14-,15+,16+,17-,18-,19-,20-,21-,22-,23-,24-,25-,26-,27-,28-,29-,30-,31?,32+,33-,34-,35-,36-/m1/s1. The highest BCUT2D eigenvalue weighted by Crippen LogP contribution is 2.35. The summed E-state index contributed by atoms with van der Waals surface area (Å²) in [5.74, 6) is 0. The predicted octanol–water partition coefficient (Wildman–Crippen LogP) is -14.1. The maximum Gasteiger partial charge on any atom is 0.187 e. The molecular weight excluding hydrogens is 928 g/mol. The van der Waals surface area contributed by atoms with Crippen LogP contribution in [0.3, 0.4) is 0 Å². The molecule has 67 heavy (non-hydrogen) atoms. The fourth-order valence-electron chi connectivity index (χ4n) is 8.42. The molecule has 0 aromatic carbocycles. The van der Waals surface area contributed by atoms with Crippen molar-refractivity contribution in [3.05, 3.63) is 0 Å². The van der Waals surface area contributed by atoms with E-state index in [0.717, 1.165) is 0 Å². The van der Waals surface area contributed by atoms with Crippen LogP contribution in [-0.4, -0.2) is 326 Å². The Kier molecular flexibility index (Phi) is 19.4. The zero-order chi connectivity index (χ0) is 49.3. The number of hydrogen-bond acceptors (Lipinski definition) is 31. The highest BCUT2D eigenvalue weighted by Gasteiger charge is 2.56. The SMILES string of the molecule is OC[C@H]1O[C@H](O[C@H]2[C@H](O)[C@@H](O)[C@@H](OC[C@H]3O[C@H](O[C@H]4[C@H](O)[C@@H](O)[C@@H](O[C@H]5[C@H](O)[C@@H](O)[C@@H](O[C@H]6[C@H](O)[C@@H](O)C(O)O[C@@H]6CO)O[C@@H]5CO)O[C@@H]4CO)[C@H](O)[C@@H](O)[C@@H]3O)O[C@@H]2CO)[C@H](O)[C@@H](O)[C@@H]1O. The second kappa shape index (κ2) is 23.5. The van der Waals surface area contributed by atoms with Gasteiger partial charge in [0.2, 0.25) is 0 Å². The van der Waals surface area contributed by atoms with Crippen LogP contribution in [0.4, 0.5) is 0 Å². The summed E-state index contributed by atoms with van der Waals surface area (Å²) < 4.78 is 60.3. The van der Waals surface area contributed by atoms with E-state index < -0.39 is 224 Å². The quantitative estimate of drug-likeness (QED) is 0.0683. The molecule has 0 amide bonds. The second-order valence-corrected chi connectivity index (χ2v) is 16.8. The number of hydrogen-bond donors (Lipinski definition) is 20. The van der Waals surface area contributed by atoms with Crippen LogP contribution < -0.4 is 0 Å².